The number of hydrogen-bond acceptors (Lipinski definition) is 4. The Morgan fingerprint density at radius 3 is 2.43 bits per heavy atom. The summed E-state index contributed by atoms with van der Waals surface area (Å²) in [6, 6.07) is 0. The van der Waals surface area contributed by atoms with E-state index in [-0.39, 0.29) is 12.0 Å². The van der Waals surface area contributed by atoms with Crippen LogP contribution in [0.1, 0.15) is 58.3 Å². The number of halogens is 1. The molecule has 0 amide bonds. The highest BCUT2D eigenvalue weighted by Gasteiger charge is 2.21. The van der Waals surface area contributed by atoms with Gasteiger partial charge in [-0.05, 0) is 25.7 Å². The summed E-state index contributed by atoms with van der Waals surface area (Å²) in [7, 11) is 0. The van der Waals surface area contributed by atoms with E-state index < -0.39 is 0 Å². The van der Waals surface area contributed by atoms with Gasteiger partial charge in [-0.2, -0.15) is 0 Å². The van der Waals surface area contributed by atoms with Crippen LogP contribution in [0.25, 0.3) is 0 Å². The van der Waals surface area contributed by atoms with Gasteiger partial charge < -0.3 is 10.4 Å². The predicted molar refractivity (Wildman–Crippen MR) is 89.1 cm³/mol. The van der Waals surface area contributed by atoms with E-state index in [9.17, 15) is 0 Å². The molecule has 21 heavy (non-hydrogen) atoms. The third kappa shape index (κ3) is 5.44. The van der Waals surface area contributed by atoms with Gasteiger partial charge in [-0.1, -0.05) is 45.7 Å². The number of hydrogen-bond donors (Lipinski definition) is 2. The monoisotopic (exact) mass is 313 g/mol. The van der Waals surface area contributed by atoms with Crippen molar-refractivity contribution in [2.24, 2.45) is 5.92 Å². The largest absolute Gasteiger partial charge is 0.396 e. The first-order chi connectivity index (χ1) is 9.79. The second-order valence-corrected chi connectivity index (χ2v) is 6.97. The molecule has 2 N–H and O–H groups in total. The van der Waals surface area contributed by atoms with Crippen molar-refractivity contribution in [1.29, 1.82) is 0 Å². The Labute approximate surface area is 133 Å². The number of anilines is 1. The Kier molecular flexibility index (Phi) is 6.88. The van der Waals surface area contributed by atoms with E-state index >= 15 is 0 Å². The van der Waals surface area contributed by atoms with E-state index in [1.54, 1.807) is 0 Å². The smallest absolute Gasteiger partial charge is 0.137 e. The van der Waals surface area contributed by atoms with Gasteiger partial charge in [-0.15, -0.1) is 0 Å². The molecule has 0 spiro atoms. The highest BCUT2D eigenvalue weighted by atomic mass is 35.5. The lowest BCUT2D eigenvalue weighted by molar-refractivity contribution is 0.255. The molecule has 1 unspecified atom stereocenters. The van der Waals surface area contributed by atoms with Crippen LogP contribution in [-0.4, -0.2) is 28.2 Å². The van der Waals surface area contributed by atoms with E-state index in [0.29, 0.717) is 11.1 Å². The van der Waals surface area contributed by atoms with Crippen LogP contribution in [0.5, 0.6) is 0 Å². The first-order valence-corrected chi connectivity index (χ1v) is 8.06. The fraction of sp³-hybridized carbons (Fsp3) is 0.750. The van der Waals surface area contributed by atoms with Gasteiger partial charge in [0.15, 0.2) is 0 Å². The standard InChI is InChI=1S/C16H28ClN3O/c1-6-7-12(8-9-21)10-18-14-11(2)13(17)19-15(20-14)16(3,4)5/h12,21H,6-10H2,1-5H3,(H,18,19,20). The molecule has 1 aromatic heterocycles. The maximum atomic E-state index is 9.14. The molecule has 0 radical (unpaired) electrons. The lowest BCUT2D eigenvalue weighted by Gasteiger charge is -2.21. The van der Waals surface area contributed by atoms with Gasteiger partial charge in [0.2, 0.25) is 0 Å². The van der Waals surface area contributed by atoms with Crippen molar-refractivity contribution < 1.29 is 5.11 Å². The van der Waals surface area contributed by atoms with E-state index in [1.807, 2.05) is 6.92 Å². The molecule has 1 aromatic rings. The first-order valence-electron chi connectivity index (χ1n) is 7.69. The van der Waals surface area contributed by atoms with Crippen LogP contribution in [0.3, 0.4) is 0 Å². The fourth-order valence-electron chi connectivity index (χ4n) is 2.18. The van der Waals surface area contributed by atoms with Gasteiger partial charge in [0.25, 0.3) is 0 Å². The second kappa shape index (κ2) is 7.95. The predicted octanol–water partition coefficient (Wildman–Crippen LogP) is 3.95. The number of nitrogens with zero attached hydrogens (tertiary/aromatic N) is 2. The molecule has 0 saturated carbocycles. The molecule has 1 atom stereocenters. The first kappa shape index (κ1) is 18.2. The molecule has 0 aliphatic carbocycles. The topological polar surface area (TPSA) is 58.0 Å². The average Bonchev–Trinajstić information content (AvgIpc) is 2.39. The van der Waals surface area contributed by atoms with E-state index in [1.165, 1.54) is 0 Å². The minimum atomic E-state index is -0.137. The number of aliphatic hydroxyl groups excluding tert-OH is 1. The van der Waals surface area contributed by atoms with Crippen LogP contribution in [0.15, 0.2) is 0 Å². The molecule has 1 rings (SSSR count). The molecule has 0 fully saturated rings. The van der Waals surface area contributed by atoms with Gasteiger partial charge in [0, 0.05) is 24.1 Å². The molecule has 0 saturated heterocycles. The second-order valence-electron chi connectivity index (χ2n) is 6.61. The summed E-state index contributed by atoms with van der Waals surface area (Å²) in [5.41, 5.74) is 0.741. The zero-order chi connectivity index (χ0) is 16.0. The van der Waals surface area contributed by atoms with Gasteiger partial charge in [-0.3, -0.25) is 0 Å². The lowest BCUT2D eigenvalue weighted by atomic mass is 9.95. The minimum absolute atomic E-state index is 0.137. The maximum Gasteiger partial charge on any atom is 0.137 e. The van der Waals surface area contributed by atoms with Crippen molar-refractivity contribution in [3.8, 4) is 0 Å². The Bertz CT molecular complexity index is 452. The lowest BCUT2D eigenvalue weighted by Crippen LogP contribution is -2.21. The molecule has 120 valence electrons. The molecular weight excluding hydrogens is 286 g/mol. The van der Waals surface area contributed by atoms with Crippen molar-refractivity contribution in [2.45, 2.75) is 59.3 Å². The zero-order valence-corrected chi connectivity index (χ0v) is 14.6. The number of nitrogens with one attached hydrogen (secondary N) is 1. The third-order valence-corrected chi connectivity index (χ3v) is 3.92. The SMILES string of the molecule is CCCC(CCO)CNc1nc(C(C)(C)C)nc(Cl)c1C. The molecule has 4 nitrogen and oxygen atoms in total. The minimum Gasteiger partial charge on any atom is -0.396 e. The van der Waals surface area contributed by atoms with Crippen LogP contribution in [0.4, 0.5) is 5.82 Å². The Morgan fingerprint density at radius 1 is 1.24 bits per heavy atom. The van der Waals surface area contributed by atoms with E-state index in [4.69, 9.17) is 16.7 Å². The number of rotatable bonds is 7. The van der Waals surface area contributed by atoms with Crippen molar-refractivity contribution in [2.75, 3.05) is 18.5 Å². The maximum absolute atomic E-state index is 9.14. The van der Waals surface area contributed by atoms with Crippen molar-refractivity contribution in [3.05, 3.63) is 16.5 Å². The van der Waals surface area contributed by atoms with Gasteiger partial charge in [-0.25, -0.2) is 9.97 Å². The van der Waals surface area contributed by atoms with Gasteiger partial charge >= 0.3 is 0 Å². The summed E-state index contributed by atoms with van der Waals surface area (Å²) in [5, 5.41) is 13.0. The summed E-state index contributed by atoms with van der Waals surface area (Å²) in [5.74, 6) is 2.00. The summed E-state index contributed by atoms with van der Waals surface area (Å²) in [6.45, 7) is 11.3. The summed E-state index contributed by atoms with van der Waals surface area (Å²) >= 11 is 6.23. The summed E-state index contributed by atoms with van der Waals surface area (Å²) in [4.78, 5) is 9.01. The van der Waals surface area contributed by atoms with Gasteiger partial charge in [0.05, 0.1) is 0 Å². The van der Waals surface area contributed by atoms with Crippen LogP contribution < -0.4 is 5.32 Å². The molecule has 5 heteroatoms. The number of aliphatic hydroxyl groups is 1. The normalized spacial score (nSPS) is 13.3. The highest BCUT2D eigenvalue weighted by Crippen LogP contribution is 2.26. The molecule has 1 heterocycles. The van der Waals surface area contributed by atoms with E-state index in [0.717, 1.165) is 43.0 Å². The van der Waals surface area contributed by atoms with Crippen LogP contribution in [0, 0.1) is 12.8 Å². The Hall–Kier alpha value is -0.870. The Morgan fingerprint density at radius 2 is 1.90 bits per heavy atom. The van der Waals surface area contributed by atoms with Crippen LogP contribution >= 0.6 is 11.6 Å². The number of aromatic nitrogens is 2. The zero-order valence-electron chi connectivity index (χ0n) is 13.8. The fourth-order valence-corrected chi connectivity index (χ4v) is 2.35. The van der Waals surface area contributed by atoms with Crippen molar-refractivity contribution >= 4 is 17.4 Å². The third-order valence-electron chi connectivity index (χ3n) is 3.55. The van der Waals surface area contributed by atoms with E-state index in [2.05, 4.69) is 43.0 Å². The van der Waals surface area contributed by atoms with Crippen molar-refractivity contribution in [1.82, 2.24) is 9.97 Å². The highest BCUT2D eigenvalue weighted by molar-refractivity contribution is 6.30. The average molecular weight is 314 g/mol. The molecule has 0 aliphatic rings. The van der Waals surface area contributed by atoms with Crippen LogP contribution in [0.2, 0.25) is 5.15 Å². The molecule has 0 bridgehead atoms. The molecule has 0 aliphatic heterocycles. The van der Waals surface area contributed by atoms with Gasteiger partial charge in [0.1, 0.15) is 16.8 Å². The van der Waals surface area contributed by atoms with Crippen LogP contribution in [-0.2, 0) is 5.41 Å². The summed E-state index contributed by atoms with van der Waals surface area (Å²) in [6.07, 6.45) is 3.02. The molecular formula is C16H28ClN3O. The molecule has 0 aromatic carbocycles. The quantitative estimate of drug-likeness (QED) is 0.748. The van der Waals surface area contributed by atoms with Crippen molar-refractivity contribution in [3.63, 3.8) is 0 Å². The Balaban J connectivity index is 2.89. The summed E-state index contributed by atoms with van der Waals surface area (Å²) < 4.78 is 0.